The molecule has 0 aromatic carbocycles. The number of piperidine rings is 1. The first-order chi connectivity index (χ1) is 13.1. The average Bonchev–Trinajstić information content (AvgIpc) is 3.21. The van der Waals surface area contributed by atoms with Gasteiger partial charge in [-0.25, -0.2) is 4.98 Å². The third-order valence-electron chi connectivity index (χ3n) is 6.40. The lowest BCUT2D eigenvalue weighted by Gasteiger charge is -2.40. The number of aromatic nitrogens is 1. The highest BCUT2D eigenvalue weighted by Gasteiger charge is 2.51. The van der Waals surface area contributed by atoms with Crippen LogP contribution in [0.1, 0.15) is 68.0 Å². The Kier molecular flexibility index (Phi) is 5.86. The summed E-state index contributed by atoms with van der Waals surface area (Å²) >= 11 is 1.86. The zero-order valence-corrected chi connectivity index (χ0v) is 17.7. The van der Waals surface area contributed by atoms with Crippen molar-refractivity contribution in [1.29, 1.82) is 0 Å². The molecule has 0 saturated carbocycles. The van der Waals surface area contributed by atoms with Crippen LogP contribution in [0.2, 0.25) is 0 Å². The molecule has 2 saturated heterocycles. The molecule has 0 unspecified atom stereocenters. The Balaban J connectivity index is 1.35. The molecule has 2 N–H and O–H groups in total. The monoisotopic (exact) mass is 390 g/mol. The third kappa shape index (κ3) is 4.08. The Morgan fingerprint density at radius 2 is 2.15 bits per heavy atom. The second-order valence-electron chi connectivity index (χ2n) is 8.85. The first-order valence-electron chi connectivity index (χ1n) is 10.8. The van der Waals surface area contributed by atoms with Gasteiger partial charge in [-0.1, -0.05) is 13.8 Å². The fourth-order valence-corrected chi connectivity index (χ4v) is 6.38. The summed E-state index contributed by atoms with van der Waals surface area (Å²) in [6, 6.07) is 0.895. The van der Waals surface area contributed by atoms with Crippen molar-refractivity contribution in [3.05, 3.63) is 15.6 Å². The highest BCUT2D eigenvalue weighted by Crippen LogP contribution is 2.38. The molecule has 150 valence electrons. The van der Waals surface area contributed by atoms with Gasteiger partial charge >= 0.3 is 0 Å². The molecule has 6 heteroatoms. The van der Waals surface area contributed by atoms with Crippen molar-refractivity contribution in [2.24, 2.45) is 0 Å². The average molecular weight is 391 g/mol. The molecule has 3 heterocycles. The van der Waals surface area contributed by atoms with E-state index in [1.165, 1.54) is 41.3 Å². The normalized spacial score (nSPS) is 28.2. The summed E-state index contributed by atoms with van der Waals surface area (Å²) in [7, 11) is 0. The molecular formula is C21H34N4OS. The highest BCUT2D eigenvalue weighted by atomic mass is 32.1. The van der Waals surface area contributed by atoms with Gasteiger partial charge in [0, 0.05) is 36.5 Å². The van der Waals surface area contributed by atoms with E-state index in [0.717, 1.165) is 45.2 Å². The Hall–Kier alpha value is -0.980. The van der Waals surface area contributed by atoms with Crippen LogP contribution >= 0.6 is 11.3 Å². The van der Waals surface area contributed by atoms with Crippen molar-refractivity contribution in [1.82, 2.24) is 20.5 Å². The van der Waals surface area contributed by atoms with Gasteiger partial charge < -0.3 is 10.6 Å². The molecule has 2 aliphatic heterocycles. The van der Waals surface area contributed by atoms with Crippen molar-refractivity contribution < 1.29 is 4.79 Å². The molecule has 1 amide bonds. The molecule has 5 nitrogen and oxygen atoms in total. The number of carbonyl (C=O) groups is 1. The molecule has 27 heavy (non-hydrogen) atoms. The second kappa shape index (κ2) is 8.18. The molecule has 0 spiro atoms. The van der Waals surface area contributed by atoms with Crippen molar-refractivity contribution in [3.8, 4) is 0 Å². The van der Waals surface area contributed by atoms with Crippen molar-refractivity contribution >= 4 is 17.2 Å². The zero-order valence-electron chi connectivity index (χ0n) is 16.9. The number of aryl methyl sites for hydroxylation is 2. The van der Waals surface area contributed by atoms with E-state index in [9.17, 15) is 4.79 Å². The minimum Gasteiger partial charge on any atom is -0.354 e. The van der Waals surface area contributed by atoms with Gasteiger partial charge in [-0.2, -0.15) is 0 Å². The van der Waals surface area contributed by atoms with Crippen LogP contribution in [-0.4, -0.2) is 53.0 Å². The predicted molar refractivity (Wildman–Crippen MR) is 110 cm³/mol. The van der Waals surface area contributed by atoms with Gasteiger partial charge in [0.25, 0.3) is 0 Å². The molecule has 1 aromatic rings. The van der Waals surface area contributed by atoms with Crippen molar-refractivity contribution in [2.45, 2.75) is 89.3 Å². The van der Waals surface area contributed by atoms with E-state index >= 15 is 0 Å². The number of nitrogens with zero attached hydrogens (tertiary/aromatic N) is 2. The number of rotatable bonds is 6. The van der Waals surface area contributed by atoms with Crippen molar-refractivity contribution in [2.75, 3.05) is 19.6 Å². The van der Waals surface area contributed by atoms with E-state index in [2.05, 4.69) is 29.4 Å². The van der Waals surface area contributed by atoms with Gasteiger partial charge in [0.15, 0.2) is 0 Å². The first kappa shape index (κ1) is 19.3. The van der Waals surface area contributed by atoms with Crippen LogP contribution in [-0.2, 0) is 24.1 Å². The lowest BCUT2D eigenvalue weighted by molar-refractivity contribution is -0.133. The number of hydrogen-bond donors (Lipinski definition) is 2. The fraction of sp³-hybridized carbons (Fsp3) is 0.810. The van der Waals surface area contributed by atoms with Crippen LogP contribution in [0.3, 0.4) is 0 Å². The van der Waals surface area contributed by atoms with Crippen LogP contribution in [0.25, 0.3) is 0 Å². The number of amides is 1. The molecule has 3 aliphatic rings. The van der Waals surface area contributed by atoms with E-state index < -0.39 is 0 Å². The lowest BCUT2D eigenvalue weighted by Crippen LogP contribution is -2.57. The largest absolute Gasteiger partial charge is 0.354 e. The molecule has 4 rings (SSSR count). The van der Waals surface area contributed by atoms with Crippen LogP contribution in [0.4, 0.5) is 0 Å². The molecule has 1 aromatic heterocycles. The van der Waals surface area contributed by atoms with Crippen molar-refractivity contribution in [3.63, 3.8) is 0 Å². The maximum absolute atomic E-state index is 13.2. The van der Waals surface area contributed by atoms with E-state index in [1.807, 2.05) is 11.3 Å². The van der Waals surface area contributed by atoms with Gasteiger partial charge in [0.2, 0.25) is 5.91 Å². The number of hydrogen-bond acceptors (Lipinski definition) is 5. The first-order valence-corrected chi connectivity index (χ1v) is 11.7. The smallest absolute Gasteiger partial charge is 0.240 e. The topological polar surface area (TPSA) is 57.3 Å². The number of nitrogens with one attached hydrogen (secondary N) is 2. The van der Waals surface area contributed by atoms with E-state index in [1.54, 1.807) is 0 Å². The van der Waals surface area contributed by atoms with Gasteiger partial charge in [0.05, 0.1) is 10.7 Å². The van der Waals surface area contributed by atoms with E-state index in [-0.39, 0.29) is 11.4 Å². The maximum Gasteiger partial charge on any atom is 0.240 e. The Labute approximate surface area is 167 Å². The van der Waals surface area contributed by atoms with Gasteiger partial charge in [-0.05, 0) is 57.9 Å². The van der Waals surface area contributed by atoms with E-state index in [0.29, 0.717) is 18.6 Å². The van der Waals surface area contributed by atoms with E-state index in [4.69, 9.17) is 4.98 Å². The Morgan fingerprint density at radius 3 is 2.96 bits per heavy atom. The van der Waals surface area contributed by atoms with Crippen LogP contribution in [0, 0.1) is 0 Å². The van der Waals surface area contributed by atoms with Gasteiger partial charge in [-0.15, -0.1) is 11.3 Å². The number of fused-ring (bicyclic) bond motifs is 2. The molecule has 1 aliphatic carbocycles. The standard InChI is InChI=1S/C21H34N4OS/c1-15(2)23-16-13-21(10-5-6-12-25(21)14-16)20(26)22-11-9-19-24-17-7-3-4-8-18(17)27-19/h15-16,23H,3-14H2,1-2H3,(H,22,26)/t16-,21-/m0/s1. The van der Waals surface area contributed by atoms with Gasteiger partial charge in [-0.3, -0.25) is 9.69 Å². The fourth-order valence-electron chi connectivity index (χ4n) is 5.22. The molecule has 0 radical (unpaired) electrons. The SMILES string of the molecule is CC(C)N[C@@H]1CN2CCCC[C@@]2(C(=O)NCCc2nc3c(s2)CCCC3)C1. The predicted octanol–water partition coefficient (Wildman–Crippen LogP) is 2.68. The van der Waals surface area contributed by atoms with Gasteiger partial charge in [0.1, 0.15) is 5.54 Å². The quantitative estimate of drug-likeness (QED) is 0.784. The minimum absolute atomic E-state index is 0.247. The van der Waals surface area contributed by atoms with Crippen LogP contribution in [0.15, 0.2) is 0 Å². The Morgan fingerprint density at radius 1 is 1.30 bits per heavy atom. The summed E-state index contributed by atoms with van der Waals surface area (Å²) in [5.74, 6) is 0.247. The Bertz CT molecular complexity index is 650. The molecule has 2 atom stereocenters. The maximum atomic E-state index is 13.2. The summed E-state index contributed by atoms with van der Waals surface area (Å²) in [4.78, 5) is 22.0. The number of carbonyl (C=O) groups excluding carboxylic acids is 1. The summed E-state index contributed by atoms with van der Waals surface area (Å²) in [5, 5.41) is 8.13. The second-order valence-corrected chi connectivity index (χ2v) is 10.0. The minimum atomic E-state index is -0.285. The highest BCUT2D eigenvalue weighted by molar-refractivity contribution is 7.11. The molecular weight excluding hydrogens is 356 g/mol. The molecule has 0 bridgehead atoms. The summed E-state index contributed by atoms with van der Waals surface area (Å²) < 4.78 is 0. The summed E-state index contributed by atoms with van der Waals surface area (Å²) in [5.41, 5.74) is 1.04. The van der Waals surface area contributed by atoms with Crippen LogP contribution < -0.4 is 10.6 Å². The third-order valence-corrected chi connectivity index (χ3v) is 7.62. The summed E-state index contributed by atoms with van der Waals surface area (Å²) in [6.07, 6.45) is 10.1. The lowest BCUT2D eigenvalue weighted by atomic mass is 9.84. The molecule has 2 fully saturated rings. The zero-order chi connectivity index (χ0) is 18.9. The summed E-state index contributed by atoms with van der Waals surface area (Å²) in [6.45, 7) is 7.16. The van der Waals surface area contributed by atoms with Crippen LogP contribution in [0.5, 0.6) is 0 Å². The number of thiazole rings is 1.